The zero-order chi connectivity index (χ0) is 14.1. The lowest BCUT2D eigenvalue weighted by molar-refractivity contribution is -0.149. The van der Waals surface area contributed by atoms with E-state index < -0.39 is 12.2 Å². The van der Waals surface area contributed by atoms with E-state index in [1.165, 1.54) is 13.2 Å². The van der Waals surface area contributed by atoms with Crippen LogP contribution in [0.4, 0.5) is 13.2 Å². The molecule has 0 aromatic heterocycles. The summed E-state index contributed by atoms with van der Waals surface area (Å²) in [6, 6.07) is 1.15. The molecule has 0 aliphatic carbocycles. The van der Waals surface area contributed by atoms with Crippen LogP contribution in [-0.4, -0.2) is 13.3 Å². The topological polar surface area (TPSA) is 35.2 Å². The van der Waals surface area contributed by atoms with Crippen molar-refractivity contribution in [3.8, 4) is 5.75 Å². The molecule has 1 aromatic rings. The van der Waals surface area contributed by atoms with Gasteiger partial charge in [0.2, 0.25) is 0 Å². The number of halogens is 3. The van der Waals surface area contributed by atoms with Crippen molar-refractivity contribution in [2.45, 2.75) is 38.9 Å². The van der Waals surface area contributed by atoms with Gasteiger partial charge in [-0.3, -0.25) is 0 Å². The number of alkyl halides is 3. The monoisotopic (exact) mass is 261 g/mol. The molecule has 1 atom stereocenters. The highest BCUT2D eigenvalue weighted by Crippen LogP contribution is 2.37. The summed E-state index contributed by atoms with van der Waals surface area (Å²) >= 11 is 0. The van der Waals surface area contributed by atoms with Gasteiger partial charge in [-0.25, -0.2) is 0 Å². The van der Waals surface area contributed by atoms with Gasteiger partial charge in [0.1, 0.15) is 11.8 Å². The fourth-order valence-electron chi connectivity index (χ4n) is 1.86. The van der Waals surface area contributed by atoms with E-state index in [1.54, 1.807) is 13.0 Å². The molecule has 0 bridgehead atoms. The summed E-state index contributed by atoms with van der Waals surface area (Å²) in [5.41, 5.74) is 6.59. The average molecular weight is 261 g/mol. The molecule has 0 aliphatic heterocycles. The Bertz CT molecular complexity index is 427. The van der Waals surface area contributed by atoms with Crippen LogP contribution in [0.2, 0.25) is 0 Å². The van der Waals surface area contributed by atoms with E-state index in [0.29, 0.717) is 11.3 Å². The van der Waals surface area contributed by atoms with Crippen molar-refractivity contribution in [3.05, 3.63) is 28.8 Å². The third-order valence-corrected chi connectivity index (χ3v) is 2.93. The number of ether oxygens (including phenoxy) is 1. The highest BCUT2D eigenvalue weighted by molar-refractivity contribution is 5.45. The van der Waals surface area contributed by atoms with E-state index in [9.17, 15) is 13.2 Å². The van der Waals surface area contributed by atoms with Gasteiger partial charge in [0.15, 0.2) is 0 Å². The third kappa shape index (κ3) is 2.96. The molecule has 2 nitrogen and oxygen atoms in total. The Morgan fingerprint density at radius 3 is 2.11 bits per heavy atom. The number of benzene rings is 1. The summed E-state index contributed by atoms with van der Waals surface area (Å²) in [4.78, 5) is 0. The molecule has 0 amide bonds. The highest BCUT2D eigenvalue weighted by atomic mass is 19.4. The second-order valence-corrected chi connectivity index (χ2v) is 4.62. The molecule has 18 heavy (non-hydrogen) atoms. The standard InChI is InChI=1S/C13H18F3NO/c1-7(2)9-6-10(12(17)13(14,15)16)8(3)5-11(9)18-4/h5-7,12H,17H2,1-4H3. The van der Waals surface area contributed by atoms with E-state index in [0.717, 1.165) is 5.56 Å². The molecule has 1 aromatic carbocycles. The maximum atomic E-state index is 12.7. The molecule has 1 rings (SSSR count). The minimum Gasteiger partial charge on any atom is -0.496 e. The third-order valence-electron chi connectivity index (χ3n) is 2.93. The van der Waals surface area contributed by atoms with Crippen molar-refractivity contribution in [2.24, 2.45) is 5.73 Å². The molecule has 5 heteroatoms. The van der Waals surface area contributed by atoms with E-state index in [1.807, 2.05) is 13.8 Å². The predicted molar refractivity (Wildman–Crippen MR) is 64.8 cm³/mol. The quantitative estimate of drug-likeness (QED) is 0.900. The largest absolute Gasteiger partial charge is 0.496 e. The molecule has 1 unspecified atom stereocenters. The van der Waals surface area contributed by atoms with Gasteiger partial charge in [-0.2, -0.15) is 13.2 Å². The number of nitrogens with two attached hydrogens (primary N) is 1. The number of rotatable bonds is 3. The van der Waals surface area contributed by atoms with E-state index in [-0.39, 0.29) is 11.5 Å². The van der Waals surface area contributed by atoms with Crippen LogP contribution >= 0.6 is 0 Å². The smallest absolute Gasteiger partial charge is 0.407 e. The molecular weight excluding hydrogens is 243 g/mol. The maximum absolute atomic E-state index is 12.7. The van der Waals surface area contributed by atoms with Crippen molar-refractivity contribution < 1.29 is 17.9 Å². The number of methoxy groups -OCH3 is 1. The lowest BCUT2D eigenvalue weighted by Crippen LogP contribution is -2.29. The Kier molecular flexibility index (Phi) is 4.27. The van der Waals surface area contributed by atoms with Crippen LogP contribution in [0.15, 0.2) is 12.1 Å². The van der Waals surface area contributed by atoms with Gasteiger partial charge in [-0.15, -0.1) is 0 Å². The van der Waals surface area contributed by atoms with Crippen molar-refractivity contribution in [2.75, 3.05) is 7.11 Å². The Labute approximate surface area is 105 Å². The Hall–Kier alpha value is -1.23. The van der Waals surface area contributed by atoms with Crippen LogP contribution in [0.1, 0.15) is 42.5 Å². The first-order valence-electron chi connectivity index (χ1n) is 5.69. The molecule has 2 N–H and O–H groups in total. The highest BCUT2D eigenvalue weighted by Gasteiger charge is 2.39. The van der Waals surface area contributed by atoms with E-state index in [2.05, 4.69) is 0 Å². The van der Waals surface area contributed by atoms with Gasteiger partial charge in [-0.05, 0) is 41.7 Å². The van der Waals surface area contributed by atoms with Gasteiger partial charge < -0.3 is 10.5 Å². The molecule has 102 valence electrons. The Morgan fingerprint density at radius 1 is 1.17 bits per heavy atom. The molecular formula is C13H18F3NO. The summed E-state index contributed by atoms with van der Waals surface area (Å²) < 4.78 is 43.2. The minimum absolute atomic E-state index is 0.0692. The molecule has 0 radical (unpaired) electrons. The zero-order valence-electron chi connectivity index (χ0n) is 10.9. The molecule has 0 spiro atoms. The Morgan fingerprint density at radius 2 is 1.72 bits per heavy atom. The van der Waals surface area contributed by atoms with Crippen LogP contribution in [0.25, 0.3) is 0 Å². The van der Waals surface area contributed by atoms with Gasteiger partial charge >= 0.3 is 6.18 Å². The summed E-state index contributed by atoms with van der Waals surface area (Å²) in [7, 11) is 1.50. The van der Waals surface area contributed by atoms with Crippen molar-refractivity contribution in [1.82, 2.24) is 0 Å². The van der Waals surface area contributed by atoms with E-state index >= 15 is 0 Å². The minimum atomic E-state index is -4.44. The fraction of sp³-hybridized carbons (Fsp3) is 0.538. The van der Waals surface area contributed by atoms with Gasteiger partial charge in [0.05, 0.1) is 7.11 Å². The molecule has 0 saturated heterocycles. The lowest BCUT2D eigenvalue weighted by Gasteiger charge is -2.21. The number of hydrogen-bond donors (Lipinski definition) is 1. The normalized spacial score (nSPS) is 13.8. The van der Waals surface area contributed by atoms with E-state index in [4.69, 9.17) is 10.5 Å². The average Bonchev–Trinajstić information content (AvgIpc) is 2.25. The maximum Gasteiger partial charge on any atom is 0.407 e. The zero-order valence-corrected chi connectivity index (χ0v) is 10.9. The second-order valence-electron chi connectivity index (χ2n) is 4.62. The van der Waals surface area contributed by atoms with Crippen molar-refractivity contribution in [3.63, 3.8) is 0 Å². The predicted octanol–water partition coefficient (Wildman–Crippen LogP) is 3.69. The summed E-state index contributed by atoms with van der Waals surface area (Å²) in [6.07, 6.45) is -4.44. The van der Waals surface area contributed by atoms with Crippen LogP contribution < -0.4 is 10.5 Å². The van der Waals surface area contributed by atoms with Crippen LogP contribution in [0.3, 0.4) is 0 Å². The first-order chi connectivity index (χ1) is 8.18. The SMILES string of the molecule is COc1cc(C)c(C(N)C(F)(F)F)cc1C(C)C. The van der Waals surface area contributed by atoms with Crippen LogP contribution in [-0.2, 0) is 0 Å². The van der Waals surface area contributed by atoms with Gasteiger partial charge in [0, 0.05) is 0 Å². The van der Waals surface area contributed by atoms with Crippen LogP contribution in [0, 0.1) is 6.92 Å². The molecule has 0 fully saturated rings. The molecule has 0 saturated carbocycles. The van der Waals surface area contributed by atoms with Crippen LogP contribution in [0.5, 0.6) is 5.75 Å². The summed E-state index contributed by atoms with van der Waals surface area (Å²) in [5, 5.41) is 0. The van der Waals surface area contributed by atoms with Gasteiger partial charge in [0.25, 0.3) is 0 Å². The first-order valence-corrected chi connectivity index (χ1v) is 5.69. The summed E-state index contributed by atoms with van der Waals surface area (Å²) in [6.45, 7) is 5.40. The van der Waals surface area contributed by atoms with Crippen molar-refractivity contribution in [1.29, 1.82) is 0 Å². The fourth-order valence-corrected chi connectivity index (χ4v) is 1.86. The lowest BCUT2D eigenvalue weighted by atomic mass is 9.93. The first kappa shape index (κ1) is 14.8. The molecule has 0 aliphatic rings. The number of aryl methyl sites for hydroxylation is 1. The number of hydrogen-bond acceptors (Lipinski definition) is 2. The Balaban J connectivity index is 3.34. The molecule has 0 heterocycles. The van der Waals surface area contributed by atoms with Gasteiger partial charge in [-0.1, -0.05) is 13.8 Å². The van der Waals surface area contributed by atoms with Crippen molar-refractivity contribution >= 4 is 0 Å². The summed E-state index contributed by atoms with van der Waals surface area (Å²) in [5.74, 6) is 0.667. The second kappa shape index (κ2) is 5.18.